The molecule has 1 heterocycles. The molecule has 21 heavy (non-hydrogen) atoms. The number of anilines is 1. The molecule has 0 saturated carbocycles. The highest BCUT2D eigenvalue weighted by molar-refractivity contribution is 7.15. The predicted octanol–water partition coefficient (Wildman–Crippen LogP) is 2.58. The van der Waals surface area contributed by atoms with E-state index in [2.05, 4.69) is 22.1 Å². The monoisotopic (exact) mass is 299 g/mol. The van der Waals surface area contributed by atoms with Crippen molar-refractivity contribution in [3.8, 4) is 11.8 Å². The maximum atomic E-state index is 12.4. The van der Waals surface area contributed by atoms with Crippen LogP contribution in [0.3, 0.4) is 0 Å². The van der Waals surface area contributed by atoms with Crippen molar-refractivity contribution in [2.75, 3.05) is 11.9 Å². The van der Waals surface area contributed by atoms with Gasteiger partial charge in [0.1, 0.15) is 0 Å². The maximum absolute atomic E-state index is 12.4. The van der Waals surface area contributed by atoms with Gasteiger partial charge in [-0.3, -0.25) is 10.1 Å². The zero-order chi connectivity index (χ0) is 15.2. The Bertz CT molecular complexity index is 710. The fraction of sp³-hybridized carbons (Fsp3) is 0.250. The van der Waals surface area contributed by atoms with E-state index in [0.29, 0.717) is 16.3 Å². The topological polar surface area (TPSA) is 68.0 Å². The van der Waals surface area contributed by atoms with Gasteiger partial charge >= 0.3 is 0 Å². The van der Waals surface area contributed by atoms with Crippen LogP contribution in [0.25, 0.3) is 0 Å². The maximum Gasteiger partial charge on any atom is 0.258 e. The molecule has 0 saturated heterocycles. The van der Waals surface area contributed by atoms with Crippen LogP contribution in [0.4, 0.5) is 5.13 Å². The van der Waals surface area contributed by atoms with Crippen molar-refractivity contribution in [2.45, 2.75) is 20.3 Å². The minimum Gasteiger partial charge on any atom is -0.320 e. The Balaban J connectivity index is 2.24. The number of rotatable bonds is 3. The normalized spacial score (nSPS) is 9.86. The molecule has 108 valence electrons. The van der Waals surface area contributed by atoms with E-state index >= 15 is 0 Å². The lowest BCUT2D eigenvalue weighted by Crippen LogP contribution is -2.13. The van der Waals surface area contributed by atoms with Gasteiger partial charge in [0.05, 0.1) is 17.8 Å². The van der Waals surface area contributed by atoms with Crippen molar-refractivity contribution >= 4 is 22.4 Å². The van der Waals surface area contributed by atoms with Crippen LogP contribution in [0.1, 0.15) is 33.4 Å². The number of nitrogens with two attached hydrogens (primary N) is 1. The minimum absolute atomic E-state index is 0.201. The molecule has 2 aromatic rings. The van der Waals surface area contributed by atoms with Gasteiger partial charge in [-0.15, -0.1) is 11.3 Å². The lowest BCUT2D eigenvalue weighted by molar-refractivity contribution is 0.102. The third kappa shape index (κ3) is 3.69. The Morgan fingerprint density at radius 1 is 1.43 bits per heavy atom. The molecule has 3 N–H and O–H groups in total. The van der Waals surface area contributed by atoms with Gasteiger partial charge in [-0.05, 0) is 25.5 Å². The van der Waals surface area contributed by atoms with Crippen LogP contribution in [-0.2, 0) is 6.42 Å². The molecule has 0 aliphatic carbocycles. The Morgan fingerprint density at radius 2 is 2.19 bits per heavy atom. The average molecular weight is 299 g/mol. The fourth-order valence-electron chi connectivity index (χ4n) is 1.91. The van der Waals surface area contributed by atoms with Gasteiger partial charge in [-0.25, -0.2) is 4.98 Å². The number of aromatic nitrogens is 1. The Hall–Kier alpha value is -2.16. The van der Waals surface area contributed by atoms with Crippen molar-refractivity contribution in [1.29, 1.82) is 0 Å². The molecule has 5 heteroatoms. The van der Waals surface area contributed by atoms with Gasteiger partial charge in [-0.1, -0.05) is 30.9 Å². The van der Waals surface area contributed by atoms with E-state index in [1.165, 1.54) is 11.3 Å². The van der Waals surface area contributed by atoms with Gasteiger partial charge in [0.15, 0.2) is 5.13 Å². The van der Waals surface area contributed by atoms with Crippen molar-refractivity contribution in [3.05, 3.63) is 46.0 Å². The zero-order valence-corrected chi connectivity index (χ0v) is 12.9. The highest BCUT2D eigenvalue weighted by Gasteiger charge is 2.13. The molecule has 1 amide bonds. The molecule has 4 nitrogen and oxygen atoms in total. The number of hydrogen-bond acceptors (Lipinski definition) is 4. The van der Waals surface area contributed by atoms with E-state index in [9.17, 15) is 4.79 Å². The largest absolute Gasteiger partial charge is 0.320 e. The lowest BCUT2D eigenvalue weighted by Gasteiger charge is -2.04. The molecule has 0 unspecified atom stereocenters. The van der Waals surface area contributed by atoms with Gasteiger partial charge in [0, 0.05) is 10.4 Å². The Morgan fingerprint density at radius 3 is 2.86 bits per heavy atom. The summed E-state index contributed by atoms with van der Waals surface area (Å²) in [6.07, 6.45) is 0.858. The van der Waals surface area contributed by atoms with Gasteiger partial charge in [-0.2, -0.15) is 0 Å². The highest BCUT2D eigenvalue weighted by Crippen LogP contribution is 2.23. The molecule has 0 aliphatic rings. The Labute approximate surface area is 128 Å². The van der Waals surface area contributed by atoms with E-state index in [0.717, 1.165) is 17.0 Å². The first kappa shape index (κ1) is 15.2. The summed E-state index contributed by atoms with van der Waals surface area (Å²) in [7, 11) is 0. The van der Waals surface area contributed by atoms with Crippen molar-refractivity contribution in [1.82, 2.24) is 4.98 Å². The van der Waals surface area contributed by atoms with E-state index in [1.807, 2.05) is 32.0 Å². The second-order valence-corrected chi connectivity index (χ2v) is 5.58. The summed E-state index contributed by atoms with van der Waals surface area (Å²) in [4.78, 5) is 17.9. The second kappa shape index (κ2) is 7.02. The summed E-state index contributed by atoms with van der Waals surface area (Å²) in [5.74, 6) is 5.48. The number of aryl methyl sites for hydroxylation is 2. The number of carbonyl (C=O) groups excluding carboxylic acids is 1. The van der Waals surface area contributed by atoms with E-state index < -0.39 is 0 Å². The average Bonchev–Trinajstić information content (AvgIpc) is 2.85. The minimum atomic E-state index is -0.201. The molecule has 2 rings (SSSR count). The molecule has 0 atom stereocenters. The smallest absolute Gasteiger partial charge is 0.258 e. The molecule has 0 radical (unpaired) electrons. The van der Waals surface area contributed by atoms with Crippen molar-refractivity contribution in [2.24, 2.45) is 5.73 Å². The molecule has 1 aromatic heterocycles. The third-order valence-corrected chi connectivity index (χ3v) is 3.87. The summed E-state index contributed by atoms with van der Waals surface area (Å²) >= 11 is 1.49. The SMILES string of the molecule is CCc1nc(NC(=O)c2ccccc2C#CCN)sc1C. The van der Waals surface area contributed by atoms with E-state index in [1.54, 1.807) is 6.07 Å². The molecule has 0 spiro atoms. The van der Waals surface area contributed by atoms with Crippen LogP contribution in [-0.4, -0.2) is 17.4 Å². The molecule has 0 fully saturated rings. The molecule has 0 aliphatic heterocycles. The lowest BCUT2D eigenvalue weighted by atomic mass is 10.1. The molecular weight excluding hydrogens is 282 g/mol. The van der Waals surface area contributed by atoms with Gasteiger partial charge < -0.3 is 5.73 Å². The summed E-state index contributed by atoms with van der Waals surface area (Å²) in [5, 5.41) is 3.46. The van der Waals surface area contributed by atoms with E-state index in [4.69, 9.17) is 5.73 Å². The number of nitrogens with one attached hydrogen (secondary N) is 1. The standard InChI is InChI=1S/C16H17N3OS/c1-3-14-11(2)21-16(18-14)19-15(20)13-9-5-4-7-12(13)8-6-10-17/h4-5,7,9H,3,10,17H2,1-2H3,(H,18,19,20). The first-order valence-electron chi connectivity index (χ1n) is 6.71. The predicted molar refractivity (Wildman–Crippen MR) is 86.6 cm³/mol. The molecule has 0 bridgehead atoms. The number of carbonyl (C=O) groups is 1. The van der Waals surface area contributed by atoms with Gasteiger partial charge in [0.2, 0.25) is 0 Å². The summed E-state index contributed by atoms with van der Waals surface area (Å²) in [5.41, 5.74) is 7.60. The summed E-state index contributed by atoms with van der Waals surface area (Å²) in [6.45, 7) is 4.32. The first-order valence-corrected chi connectivity index (χ1v) is 7.53. The number of amides is 1. The van der Waals surface area contributed by atoms with Gasteiger partial charge in [0.25, 0.3) is 5.91 Å². The highest BCUT2D eigenvalue weighted by atomic mass is 32.1. The molecule has 1 aromatic carbocycles. The summed E-state index contributed by atoms with van der Waals surface area (Å²) < 4.78 is 0. The van der Waals surface area contributed by atoms with Crippen LogP contribution < -0.4 is 11.1 Å². The number of benzene rings is 1. The van der Waals surface area contributed by atoms with Crippen LogP contribution in [0, 0.1) is 18.8 Å². The van der Waals surface area contributed by atoms with E-state index in [-0.39, 0.29) is 12.5 Å². The first-order chi connectivity index (χ1) is 10.2. The summed E-state index contributed by atoms with van der Waals surface area (Å²) in [6, 6.07) is 7.21. The van der Waals surface area contributed by atoms with Crippen molar-refractivity contribution < 1.29 is 4.79 Å². The quantitative estimate of drug-likeness (QED) is 0.856. The van der Waals surface area contributed by atoms with Crippen LogP contribution in [0.5, 0.6) is 0 Å². The van der Waals surface area contributed by atoms with Crippen LogP contribution >= 0.6 is 11.3 Å². The van der Waals surface area contributed by atoms with Crippen LogP contribution in [0.15, 0.2) is 24.3 Å². The Kier molecular flexibility index (Phi) is 5.09. The number of thiazole rings is 1. The molecular formula is C16H17N3OS. The number of hydrogen-bond donors (Lipinski definition) is 2. The zero-order valence-electron chi connectivity index (χ0n) is 12.1. The van der Waals surface area contributed by atoms with Crippen LogP contribution in [0.2, 0.25) is 0 Å². The third-order valence-electron chi connectivity index (χ3n) is 2.94. The fourth-order valence-corrected chi connectivity index (χ4v) is 2.81. The number of nitrogens with zero attached hydrogens (tertiary/aromatic N) is 1. The second-order valence-electron chi connectivity index (χ2n) is 4.38. The van der Waals surface area contributed by atoms with Crippen molar-refractivity contribution in [3.63, 3.8) is 0 Å².